The van der Waals surface area contributed by atoms with E-state index in [0.29, 0.717) is 18.8 Å². The first-order valence-corrected chi connectivity index (χ1v) is 16.6. The molecule has 0 aromatic heterocycles. The van der Waals surface area contributed by atoms with Crippen LogP contribution in [0.5, 0.6) is 0 Å². The van der Waals surface area contributed by atoms with Gasteiger partial charge in [-0.2, -0.15) is 11.8 Å². The molecular weight excluding hydrogens is 525 g/mol. The van der Waals surface area contributed by atoms with E-state index in [2.05, 4.69) is 76.2 Å². The molecule has 2 aliphatic heterocycles. The lowest BCUT2D eigenvalue weighted by Gasteiger charge is -2.40. The summed E-state index contributed by atoms with van der Waals surface area (Å²) in [6.45, 7) is 4.84. The molecule has 39 heavy (non-hydrogen) atoms. The van der Waals surface area contributed by atoms with Crippen molar-refractivity contribution < 1.29 is 9.59 Å². The van der Waals surface area contributed by atoms with Crippen molar-refractivity contribution in [1.29, 1.82) is 0 Å². The number of carbonyl (C=O) groups is 2. The zero-order chi connectivity index (χ0) is 26.9. The first kappa shape index (κ1) is 28.5. The summed E-state index contributed by atoms with van der Waals surface area (Å²) in [6.07, 6.45) is 6.58. The molecule has 2 aromatic rings. The molecular formula is C31H41N4O2S2. The minimum atomic E-state index is -0.486. The van der Waals surface area contributed by atoms with Crippen molar-refractivity contribution in [3.8, 4) is 0 Å². The molecule has 2 N–H and O–H groups in total. The SMILES string of the molecule is O=C(N[C@@H](CSCC1CCCCC1)C(=O)N1CCN(C(c2ccccc2)c2ccccc2)CC1)C1N[CH]CS1. The van der Waals surface area contributed by atoms with Gasteiger partial charge in [0.2, 0.25) is 11.8 Å². The second kappa shape index (κ2) is 14.6. The van der Waals surface area contributed by atoms with Gasteiger partial charge in [0.05, 0.1) is 6.04 Å². The molecule has 0 spiro atoms. The average Bonchev–Trinajstić information content (AvgIpc) is 3.54. The second-order valence-corrected chi connectivity index (χ2v) is 13.0. The molecule has 8 heteroatoms. The van der Waals surface area contributed by atoms with E-state index in [9.17, 15) is 9.59 Å². The third-order valence-corrected chi connectivity index (χ3v) is 10.4. The van der Waals surface area contributed by atoms with Crippen LogP contribution in [-0.4, -0.2) is 76.5 Å². The monoisotopic (exact) mass is 565 g/mol. The maximum Gasteiger partial charge on any atom is 0.248 e. The summed E-state index contributed by atoms with van der Waals surface area (Å²) in [5, 5.41) is 5.93. The molecule has 5 rings (SSSR count). The van der Waals surface area contributed by atoms with Gasteiger partial charge in [-0.1, -0.05) is 79.9 Å². The molecule has 6 nitrogen and oxygen atoms in total. The number of carbonyl (C=O) groups excluding carboxylic acids is 2. The summed E-state index contributed by atoms with van der Waals surface area (Å²) in [4.78, 5) is 31.2. The predicted molar refractivity (Wildman–Crippen MR) is 162 cm³/mol. The minimum Gasteiger partial charge on any atom is -0.341 e. The van der Waals surface area contributed by atoms with Gasteiger partial charge in [0.25, 0.3) is 0 Å². The first-order chi connectivity index (χ1) is 19.2. The van der Waals surface area contributed by atoms with Gasteiger partial charge in [0, 0.05) is 44.2 Å². The fraction of sp³-hybridized carbons (Fsp3) is 0.516. The Hall–Kier alpha value is -2.00. The fourth-order valence-electron chi connectivity index (χ4n) is 5.93. The molecule has 2 atom stereocenters. The highest BCUT2D eigenvalue weighted by Crippen LogP contribution is 2.30. The number of piperazine rings is 1. The fourth-order valence-corrected chi connectivity index (χ4v) is 7.99. The Morgan fingerprint density at radius 2 is 1.56 bits per heavy atom. The Balaban J connectivity index is 1.22. The lowest BCUT2D eigenvalue weighted by Crippen LogP contribution is -2.57. The van der Waals surface area contributed by atoms with Gasteiger partial charge < -0.3 is 10.2 Å². The van der Waals surface area contributed by atoms with E-state index in [1.807, 2.05) is 23.2 Å². The van der Waals surface area contributed by atoms with Gasteiger partial charge in [0.1, 0.15) is 11.4 Å². The normalized spacial score (nSPS) is 21.7. The summed E-state index contributed by atoms with van der Waals surface area (Å²) in [7, 11) is 0. The summed E-state index contributed by atoms with van der Waals surface area (Å²) in [5.41, 5.74) is 2.54. The Kier molecular flexibility index (Phi) is 10.7. The number of hydrogen-bond acceptors (Lipinski definition) is 6. The van der Waals surface area contributed by atoms with Crippen molar-refractivity contribution in [2.45, 2.75) is 49.6 Å². The zero-order valence-corrected chi connectivity index (χ0v) is 24.3. The Bertz CT molecular complexity index is 998. The van der Waals surface area contributed by atoms with E-state index in [-0.39, 0.29) is 23.2 Å². The number of hydrogen-bond donors (Lipinski definition) is 2. The van der Waals surface area contributed by atoms with Crippen molar-refractivity contribution in [2.24, 2.45) is 5.92 Å². The quantitative estimate of drug-likeness (QED) is 0.441. The van der Waals surface area contributed by atoms with E-state index >= 15 is 0 Å². The van der Waals surface area contributed by atoms with Crippen molar-refractivity contribution in [1.82, 2.24) is 20.4 Å². The van der Waals surface area contributed by atoms with Gasteiger partial charge in [-0.25, -0.2) is 0 Å². The summed E-state index contributed by atoms with van der Waals surface area (Å²) in [6, 6.07) is 20.9. The first-order valence-electron chi connectivity index (χ1n) is 14.4. The van der Waals surface area contributed by atoms with Gasteiger partial charge >= 0.3 is 0 Å². The molecule has 2 aromatic carbocycles. The Morgan fingerprint density at radius 1 is 0.923 bits per heavy atom. The molecule has 0 bridgehead atoms. The van der Waals surface area contributed by atoms with Crippen molar-refractivity contribution in [2.75, 3.05) is 43.4 Å². The number of nitrogens with one attached hydrogen (secondary N) is 2. The predicted octanol–water partition coefficient (Wildman–Crippen LogP) is 4.54. The van der Waals surface area contributed by atoms with Gasteiger partial charge in [-0.15, -0.1) is 11.8 Å². The standard InChI is InChI=1S/C31H41N4O2S2/c36-29(30-32-16-21-39-30)33-27(23-38-22-24-10-4-1-5-11-24)31(37)35-19-17-34(18-20-35)28(25-12-6-2-7-13-25)26-14-8-3-9-15-26/h2-3,6-9,12-16,24,27-28,30,32H,1,4-5,10-11,17-23H2,(H,33,36)/t27-,30?/m0/s1. The number of thioether (sulfide) groups is 2. The molecule has 2 heterocycles. The summed E-state index contributed by atoms with van der Waals surface area (Å²) < 4.78 is 0. The molecule has 3 fully saturated rings. The Labute approximate surface area is 242 Å². The third kappa shape index (κ3) is 7.81. The molecule has 209 valence electrons. The highest BCUT2D eigenvalue weighted by molar-refractivity contribution is 8.01. The van der Waals surface area contributed by atoms with Crippen LogP contribution in [0.3, 0.4) is 0 Å². The smallest absolute Gasteiger partial charge is 0.248 e. The van der Waals surface area contributed by atoms with Crippen LogP contribution in [0.15, 0.2) is 60.7 Å². The largest absolute Gasteiger partial charge is 0.341 e. The lowest BCUT2D eigenvalue weighted by atomic mass is 9.91. The van der Waals surface area contributed by atoms with Crippen LogP contribution in [0, 0.1) is 12.5 Å². The van der Waals surface area contributed by atoms with E-state index in [1.165, 1.54) is 43.2 Å². The van der Waals surface area contributed by atoms with Crippen LogP contribution in [0.25, 0.3) is 0 Å². The Morgan fingerprint density at radius 3 is 2.15 bits per heavy atom. The van der Waals surface area contributed by atoms with Crippen LogP contribution in [0.1, 0.15) is 49.3 Å². The number of rotatable bonds is 10. The lowest BCUT2D eigenvalue weighted by molar-refractivity contribution is -0.137. The number of benzene rings is 2. The number of nitrogens with zero attached hydrogens (tertiary/aromatic N) is 2. The van der Waals surface area contributed by atoms with Crippen LogP contribution in [0.2, 0.25) is 0 Å². The molecule has 2 saturated heterocycles. The van der Waals surface area contributed by atoms with Crippen LogP contribution >= 0.6 is 23.5 Å². The zero-order valence-electron chi connectivity index (χ0n) is 22.7. The maximum atomic E-state index is 13.8. The van der Waals surface area contributed by atoms with E-state index in [4.69, 9.17) is 0 Å². The summed E-state index contributed by atoms with van der Waals surface area (Å²) in [5.74, 6) is 3.23. The van der Waals surface area contributed by atoms with Gasteiger partial charge in [-0.05, 0) is 35.6 Å². The van der Waals surface area contributed by atoms with Crippen molar-refractivity contribution >= 4 is 35.3 Å². The van der Waals surface area contributed by atoms with E-state index < -0.39 is 6.04 Å². The van der Waals surface area contributed by atoms with E-state index in [1.54, 1.807) is 11.8 Å². The highest BCUT2D eigenvalue weighted by atomic mass is 32.2. The number of amides is 2. The van der Waals surface area contributed by atoms with Crippen molar-refractivity contribution in [3.63, 3.8) is 0 Å². The topological polar surface area (TPSA) is 64.7 Å². The van der Waals surface area contributed by atoms with Gasteiger partial charge in [-0.3, -0.25) is 19.8 Å². The molecule has 1 aliphatic carbocycles. The second-order valence-electron chi connectivity index (χ2n) is 10.8. The van der Waals surface area contributed by atoms with Gasteiger partial charge in [0.15, 0.2) is 0 Å². The molecule has 1 radical (unpaired) electrons. The van der Waals surface area contributed by atoms with Crippen LogP contribution < -0.4 is 10.6 Å². The maximum absolute atomic E-state index is 13.8. The van der Waals surface area contributed by atoms with Crippen molar-refractivity contribution in [3.05, 3.63) is 78.3 Å². The van der Waals surface area contributed by atoms with E-state index in [0.717, 1.165) is 30.5 Å². The minimum absolute atomic E-state index is 0.0575. The molecule has 1 unspecified atom stereocenters. The average molecular weight is 566 g/mol. The molecule has 3 aliphatic rings. The van der Waals surface area contributed by atoms with Crippen LogP contribution in [-0.2, 0) is 9.59 Å². The van der Waals surface area contributed by atoms with Crippen LogP contribution in [0.4, 0.5) is 0 Å². The molecule has 1 saturated carbocycles. The third-order valence-electron chi connectivity index (χ3n) is 8.05. The summed E-state index contributed by atoms with van der Waals surface area (Å²) >= 11 is 3.41. The highest BCUT2D eigenvalue weighted by Gasteiger charge is 2.33. The molecule has 2 amide bonds.